The number of amidine groups is 1. The van der Waals surface area contributed by atoms with Gasteiger partial charge in [-0.15, -0.1) is 0 Å². The quantitative estimate of drug-likeness (QED) is 0.495. The normalized spacial score (nSPS) is 14.2. The van der Waals surface area contributed by atoms with Crippen LogP contribution in [0.3, 0.4) is 0 Å². The molecule has 1 saturated carbocycles. The summed E-state index contributed by atoms with van der Waals surface area (Å²) in [5.74, 6) is 0.0768. The zero-order chi connectivity index (χ0) is 20.6. The van der Waals surface area contributed by atoms with Crippen LogP contribution in [0.2, 0.25) is 0 Å². The molecule has 0 saturated heterocycles. The van der Waals surface area contributed by atoms with Crippen LogP contribution in [0, 0.1) is 11.3 Å². The van der Waals surface area contributed by atoms with Crippen molar-refractivity contribution in [3.8, 4) is 0 Å². The first kappa shape index (κ1) is 20.6. The summed E-state index contributed by atoms with van der Waals surface area (Å²) in [4.78, 5) is 27.4. The highest BCUT2D eigenvalue weighted by atomic mass is 16.2. The minimum absolute atomic E-state index is 0.0126. The summed E-state index contributed by atoms with van der Waals surface area (Å²) >= 11 is 0. The van der Waals surface area contributed by atoms with E-state index in [2.05, 4.69) is 5.32 Å². The molecule has 0 aromatic heterocycles. The van der Waals surface area contributed by atoms with Gasteiger partial charge < -0.3 is 16.0 Å². The number of hydrogen-bond donors (Lipinski definition) is 3. The molecule has 0 aliphatic heterocycles. The molecule has 2 aromatic carbocycles. The molecule has 29 heavy (non-hydrogen) atoms. The number of carbonyl (C=O) groups excluding carboxylic acids is 2. The predicted molar refractivity (Wildman–Crippen MR) is 115 cm³/mol. The van der Waals surface area contributed by atoms with Gasteiger partial charge in [0.1, 0.15) is 12.4 Å². The van der Waals surface area contributed by atoms with Crippen LogP contribution in [0.15, 0.2) is 54.6 Å². The van der Waals surface area contributed by atoms with Gasteiger partial charge in [-0.2, -0.15) is 0 Å². The van der Waals surface area contributed by atoms with Crippen molar-refractivity contribution in [3.63, 3.8) is 0 Å². The second-order valence-electron chi connectivity index (χ2n) is 7.59. The van der Waals surface area contributed by atoms with Crippen LogP contribution in [-0.4, -0.2) is 35.6 Å². The lowest BCUT2D eigenvalue weighted by atomic mass is 9.89. The Hall–Kier alpha value is -3.15. The van der Waals surface area contributed by atoms with Gasteiger partial charge in [0.25, 0.3) is 5.91 Å². The van der Waals surface area contributed by atoms with Crippen LogP contribution < -0.4 is 11.1 Å². The van der Waals surface area contributed by atoms with E-state index in [-0.39, 0.29) is 24.2 Å². The summed E-state index contributed by atoms with van der Waals surface area (Å²) in [6.07, 6.45) is 5.83. The van der Waals surface area contributed by atoms with Crippen molar-refractivity contribution < 1.29 is 9.59 Å². The maximum absolute atomic E-state index is 13.0. The highest BCUT2D eigenvalue weighted by Gasteiger charge is 2.24. The maximum atomic E-state index is 13.0. The first-order chi connectivity index (χ1) is 14.0. The number of hydrogen-bond acceptors (Lipinski definition) is 3. The van der Waals surface area contributed by atoms with Crippen molar-refractivity contribution in [3.05, 3.63) is 65.7 Å². The molecule has 3 rings (SSSR count). The van der Waals surface area contributed by atoms with Gasteiger partial charge >= 0.3 is 0 Å². The van der Waals surface area contributed by atoms with E-state index < -0.39 is 0 Å². The third kappa shape index (κ3) is 5.91. The second kappa shape index (κ2) is 9.87. The molecule has 152 valence electrons. The van der Waals surface area contributed by atoms with Gasteiger partial charge in [0.15, 0.2) is 0 Å². The van der Waals surface area contributed by atoms with Gasteiger partial charge in [0.05, 0.1) is 0 Å². The van der Waals surface area contributed by atoms with E-state index in [9.17, 15) is 9.59 Å². The third-order valence-electron chi connectivity index (χ3n) is 5.33. The fraction of sp³-hybridized carbons (Fsp3) is 0.348. The highest BCUT2D eigenvalue weighted by Crippen LogP contribution is 2.25. The number of anilines is 1. The zero-order valence-electron chi connectivity index (χ0n) is 16.6. The maximum Gasteiger partial charge on any atom is 0.254 e. The third-order valence-corrected chi connectivity index (χ3v) is 5.33. The summed E-state index contributed by atoms with van der Waals surface area (Å²) < 4.78 is 0. The van der Waals surface area contributed by atoms with E-state index in [0.717, 1.165) is 12.8 Å². The Kier molecular flexibility index (Phi) is 7.00. The zero-order valence-corrected chi connectivity index (χ0v) is 16.6. The Morgan fingerprint density at radius 1 is 0.966 bits per heavy atom. The van der Waals surface area contributed by atoms with Gasteiger partial charge in [0, 0.05) is 23.4 Å². The van der Waals surface area contributed by atoms with E-state index in [4.69, 9.17) is 11.1 Å². The van der Waals surface area contributed by atoms with E-state index in [0.29, 0.717) is 29.3 Å². The summed E-state index contributed by atoms with van der Waals surface area (Å²) in [7, 11) is 0. The molecule has 1 aliphatic rings. The number of rotatable bonds is 7. The van der Waals surface area contributed by atoms with Crippen LogP contribution in [-0.2, 0) is 4.79 Å². The van der Waals surface area contributed by atoms with E-state index in [1.54, 1.807) is 41.3 Å². The number of nitrogens with one attached hydrogen (secondary N) is 2. The fourth-order valence-corrected chi connectivity index (χ4v) is 3.77. The monoisotopic (exact) mass is 392 g/mol. The smallest absolute Gasteiger partial charge is 0.254 e. The van der Waals surface area contributed by atoms with Crippen molar-refractivity contribution in [2.75, 3.05) is 18.4 Å². The molecule has 4 N–H and O–H groups in total. The van der Waals surface area contributed by atoms with Crippen molar-refractivity contribution >= 4 is 23.3 Å². The fourth-order valence-electron chi connectivity index (χ4n) is 3.77. The summed E-state index contributed by atoms with van der Waals surface area (Å²) in [5.41, 5.74) is 7.27. The SMILES string of the molecule is N=C(N)c1ccc(NC(=O)CN(CC2CCCCC2)C(=O)c2ccccc2)cc1. The van der Waals surface area contributed by atoms with Gasteiger partial charge in [0.2, 0.25) is 5.91 Å². The number of benzene rings is 2. The molecule has 0 spiro atoms. The Morgan fingerprint density at radius 2 is 1.62 bits per heavy atom. The van der Waals surface area contributed by atoms with Crippen LogP contribution in [0.5, 0.6) is 0 Å². The number of nitrogens with two attached hydrogens (primary N) is 1. The molecule has 6 nitrogen and oxygen atoms in total. The highest BCUT2D eigenvalue weighted by molar-refractivity contribution is 6.00. The van der Waals surface area contributed by atoms with E-state index in [1.165, 1.54) is 19.3 Å². The number of carbonyl (C=O) groups is 2. The predicted octanol–water partition coefficient (Wildman–Crippen LogP) is 3.63. The number of amides is 2. The van der Waals surface area contributed by atoms with E-state index in [1.807, 2.05) is 18.2 Å². The molecule has 0 radical (unpaired) electrons. The van der Waals surface area contributed by atoms with Crippen LogP contribution in [0.1, 0.15) is 48.0 Å². The molecule has 6 heteroatoms. The minimum atomic E-state index is -0.235. The Bertz CT molecular complexity index is 843. The molecule has 2 amide bonds. The van der Waals surface area contributed by atoms with E-state index >= 15 is 0 Å². The van der Waals surface area contributed by atoms with Crippen LogP contribution in [0.25, 0.3) is 0 Å². The topological polar surface area (TPSA) is 99.3 Å². The van der Waals surface area contributed by atoms with Crippen LogP contribution in [0.4, 0.5) is 5.69 Å². The first-order valence-corrected chi connectivity index (χ1v) is 10.1. The van der Waals surface area contributed by atoms with Gasteiger partial charge in [-0.3, -0.25) is 15.0 Å². The second-order valence-corrected chi connectivity index (χ2v) is 7.59. The molecule has 0 bridgehead atoms. The molecule has 0 heterocycles. The van der Waals surface area contributed by atoms with Crippen molar-refractivity contribution in [2.24, 2.45) is 11.7 Å². The lowest BCUT2D eigenvalue weighted by Gasteiger charge is -2.29. The van der Waals surface area contributed by atoms with Crippen molar-refractivity contribution in [1.82, 2.24) is 4.90 Å². The van der Waals surface area contributed by atoms with Crippen molar-refractivity contribution in [2.45, 2.75) is 32.1 Å². The first-order valence-electron chi connectivity index (χ1n) is 10.1. The molecule has 2 aromatic rings. The summed E-state index contributed by atoms with van der Waals surface area (Å²) in [6.45, 7) is 0.614. The standard InChI is InChI=1S/C23H28N4O2/c24-22(25)18-11-13-20(14-12-18)26-21(28)16-27(15-17-7-3-1-4-8-17)23(29)19-9-5-2-6-10-19/h2,5-6,9-14,17H,1,3-4,7-8,15-16H2,(H3,24,25)(H,26,28). The molecular formula is C23H28N4O2. The minimum Gasteiger partial charge on any atom is -0.384 e. The lowest BCUT2D eigenvalue weighted by Crippen LogP contribution is -2.41. The largest absolute Gasteiger partial charge is 0.384 e. The van der Waals surface area contributed by atoms with Crippen molar-refractivity contribution in [1.29, 1.82) is 5.41 Å². The molecule has 1 fully saturated rings. The average Bonchev–Trinajstić information content (AvgIpc) is 2.74. The lowest BCUT2D eigenvalue weighted by molar-refractivity contribution is -0.117. The number of nitrogens with zero attached hydrogens (tertiary/aromatic N) is 1. The molecule has 0 atom stereocenters. The van der Waals surface area contributed by atoms with Gasteiger partial charge in [-0.05, 0) is 55.2 Å². The van der Waals surface area contributed by atoms with Crippen LogP contribution >= 0.6 is 0 Å². The molecular weight excluding hydrogens is 364 g/mol. The van der Waals surface area contributed by atoms with Gasteiger partial charge in [-0.25, -0.2) is 0 Å². The Balaban J connectivity index is 1.68. The van der Waals surface area contributed by atoms with Gasteiger partial charge in [-0.1, -0.05) is 37.5 Å². The number of nitrogen functional groups attached to an aromatic ring is 1. The molecule has 0 unspecified atom stereocenters. The Morgan fingerprint density at radius 3 is 2.24 bits per heavy atom. The summed E-state index contributed by atoms with van der Waals surface area (Å²) in [5, 5.41) is 10.3. The molecule has 1 aliphatic carbocycles. The Labute approximate surface area is 171 Å². The summed E-state index contributed by atoms with van der Waals surface area (Å²) in [6, 6.07) is 15.9. The average molecular weight is 393 g/mol.